The van der Waals surface area contributed by atoms with Crippen molar-refractivity contribution in [2.24, 2.45) is 0 Å². The molecule has 11 nitrogen and oxygen atoms in total. The van der Waals surface area contributed by atoms with Crippen LogP contribution >= 0.6 is 22.9 Å². The molecule has 0 spiro atoms. The van der Waals surface area contributed by atoms with Gasteiger partial charge in [0.25, 0.3) is 0 Å². The van der Waals surface area contributed by atoms with E-state index in [9.17, 15) is 13.2 Å². The van der Waals surface area contributed by atoms with Gasteiger partial charge in [0.05, 0.1) is 36.7 Å². The Balaban J connectivity index is 1.44. The number of aromatic nitrogens is 4. The maximum absolute atomic E-state index is 14.1. The summed E-state index contributed by atoms with van der Waals surface area (Å²) in [6, 6.07) is 11.6. The van der Waals surface area contributed by atoms with Gasteiger partial charge in [-0.15, -0.1) is 16.4 Å². The zero-order valence-corrected chi connectivity index (χ0v) is 30.0. The van der Waals surface area contributed by atoms with E-state index in [1.807, 2.05) is 62.3 Å². The minimum absolute atomic E-state index is 0.0488. The molecule has 3 aromatic heterocycles. The van der Waals surface area contributed by atoms with Gasteiger partial charge in [0.15, 0.2) is 0 Å². The van der Waals surface area contributed by atoms with Crippen LogP contribution in [0.2, 0.25) is 5.02 Å². The van der Waals surface area contributed by atoms with Crippen LogP contribution in [0, 0.1) is 6.92 Å². The Bertz CT molecular complexity index is 2080. The van der Waals surface area contributed by atoms with Crippen LogP contribution in [0.4, 0.5) is 0 Å². The molecule has 14 heteroatoms. The van der Waals surface area contributed by atoms with Crippen LogP contribution in [-0.4, -0.2) is 83.5 Å². The topological polar surface area (TPSA) is 120 Å². The van der Waals surface area contributed by atoms with Crippen molar-refractivity contribution in [1.82, 2.24) is 29.2 Å². The number of pyridine rings is 1. The number of carbonyl (C=O) groups is 1. The molecule has 1 aliphatic heterocycles. The number of nitrogens with zero attached hydrogens (tertiary/aromatic N) is 6. The minimum Gasteiger partial charge on any atom is -0.472 e. The van der Waals surface area contributed by atoms with Crippen molar-refractivity contribution >= 4 is 60.0 Å². The first-order valence-corrected chi connectivity index (χ1v) is 18.6. The van der Waals surface area contributed by atoms with Crippen molar-refractivity contribution in [3.8, 4) is 5.88 Å². The van der Waals surface area contributed by atoms with Crippen molar-refractivity contribution in [1.29, 1.82) is 0 Å². The van der Waals surface area contributed by atoms with E-state index in [-0.39, 0.29) is 53.8 Å². The molecule has 48 heavy (non-hydrogen) atoms. The largest absolute Gasteiger partial charge is 0.472 e. The molecule has 0 saturated carbocycles. The highest BCUT2D eigenvalue weighted by atomic mass is 35.5. The molecule has 6 rings (SSSR count). The Hall–Kier alpha value is -3.62. The van der Waals surface area contributed by atoms with Crippen LogP contribution in [0.1, 0.15) is 54.9 Å². The number of fused-ring (bicyclic) bond motifs is 3. The van der Waals surface area contributed by atoms with Gasteiger partial charge in [0, 0.05) is 29.9 Å². The zero-order valence-electron chi connectivity index (χ0n) is 27.6. The number of sulfonamides is 1. The van der Waals surface area contributed by atoms with Crippen molar-refractivity contribution in [2.75, 3.05) is 33.8 Å². The summed E-state index contributed by atoms with van der Waals surface area (Å²) in [5, 5.41) is 12.1. The molecule has 0 N–H and O–H groups in total. The van der Waals surface area contributed by atoms with Gasteiger partial charge in [-0.2, -0.15) is 4.31 Å². The molecule has 0 amide bonds. The van der Waals surface area contributed by atoms with Gasteiger partial charge in [0.1, 0.15) is 16.5 Å². The summed E-state index contributed by atoms with van der Waals surface area (Å²) in [5.74, 6) is -0.634. The number of rotatable bonds is 11. The van der Waals surface area contributed by atoms with Crippen molar-refractivity contribution in [2.45, 2.75) is 63.6 Å². The molecule has 5 aromatic rings. The number of ether oxygens (including phenoxy) is 2. The number of carbonyl (C=O) groups excluding carboxylic acids is 1. The molecule has 254 valence electrons. The molecular formula is C34H39ClN6O5S2. The second-order valence-electron chi connectivity index (χ2n) is 12.2. The first-order valence-electron chi connectivity index (χ1n) is 16.0. The van der Waals surface area contributed by atoms with Gasteiger partial charge in [-0.25, -0.2) is 18.1 Å². The predicted molar refractivity (Wildman–Crippen MR) is 187 cm³/mol. The number of thiophene rings is 1. The summed E-state index contributed by atoms with van der Waals surface area (Å²) < 4.78 is 44.0. The molecular weight excluding hydrogens is 672 g/mol. The van der Waals surface area contributed by atoms with E-state index >= 15 is 0 Å². The molecule has 4 heterocycles. The standard InChI is InChI=1S/C34H39ClN6O5S2/c1-6-26-20-40(48(43,44)30-16-25(35)18-36-34(30)46-26)19-24-15-23(14-22-10-13-47-33(22)24)28(17-31(42)45-7-2)27-8-9-29-32(21(27)3)37-38-41(29)12-11-39(4)5/h8-10,13-16,18,26,28H,6-7,11-12,17,19-20H2,1-5H3/t26-,28?/m1/s1. The first kappa shape index (κ1) is 34.3. The quantitative estimate of drug-likeness (QED) is 0.152. The lowest BCUT2D eigenvalue weighted by molar-refractivity contribution is -0.143. The minimum atomic E-state index is -4.01. The molecule has 0 saturated heterocycles. The number of halogens is 1. The molecule has 0 radical (unpaired) electrons. The zero-order chi connectivity index (χ0) is 34.2. The average Bonchev–Trinajstić information content (AvgIpc) is 3.68. The molecule has 1 aliphatic rings. The third-order valence-electron chi connectivity index (χ3n) is 8.74. The number of likely N-dealkylation sites (N-methyl/N-ethyl adjacent to an activating group) is 1. The second-order valence-corrected chi connectivity index (χ2v) is 15.5. The van der Waals surface area contributed by atoms with Gasteiger partial charge in [0.2, 0.25) is 15.9 Å². The van der Waals surface area contributed by atoms with Gasteiger partial charge in [-0.3, -0.25) is 4.79 Å². The summed E-state index contributed by atoms with van der Waals surface area (Å²) in [6.07, 6.45) is 1.70. The predicted octanol–water partition coefficient (Wildman–Crippen LogP) is 6.01. The lowest BCUT2D eigenvalue weighted by atomic mass is 9.84. The fourth-order valence-corrected chi connectivity index (χ4v) is 8.87. The highest BCUT2D eigenvalue weighted by Crippen LogP contribution is 2.39. The van der Waals surface area contributed by atoms with E-state index in [1.54, 1.807) is 18.3 Å². The van der Waals surface area contributed by atoms with Crippen molar-refractivity contribution < 1.29 is 22.7 Å². The lowest BCUT2D eigenvalue weighted by Gasteiger charge is -2.24. The van der Waals surface area contributed by atoms with Crippen LogP contribution in [0.5, 0.6) is 5.88 Å². The molecule has 0 aliphatic carbocycles. The third kappa shape index (κ3) is 6.79. The molecule has 2 aromatic carbocycles. The fourth-order valence-electron chi connectivity index (χ4n) is 6.21. The van der Waals surface area contributed by atoms with Gasteiger partial charge in [-0.05, 0) is 91.6 Å². The Labute approximate surface area is 289 Å². The van der Waals surface area contributed by atoms with E-state index in [1.165, 1.54) is 16.6 Å². The summed E-state index contributed by atoms with van der Waals surface area (Å²) in [7, 11) is 0.0236. The normalized spacial score (nSPS) is 16.9. The van der Waals surface area contributed by atoms with Crippen LogP contribution in [0.3, 0.4) is 0 Å². The van der Waals surface area contributed by atoms with Crippen molar-refractivity contribution in [3.05, 3.63) is 75.3 Å². The Morgan fingerprint density at radius 2 is 2.02 bits per heavy atom. The number of aryl methyl sites for hydroxylation is 1. The Morgan fingerprint density at radius 3 is 2.77 bits per heavy atom. The molecule has 0 bridgehead atoms. The smallest absolute Gasteiger partial charge is 0.306 e. The first-order chi connectivity index (χ1) is 23.0. The lowest BCUT2D eigenvalue weighted by Crippen LogP contribution is -2.36. The maximum Gasteiger partial charge on any atom is 0.306 e. The second kappa shape index (κ2) is 14.1. The van der Waals surface area contributed by atoms with E-state index in [4.69, 9.17) is 21.1 Å². The summed E-state index contributed by atoms with van der Waals surface area (Å²) in [4.78, 5) is 19.4. The third-order valence-corrected chi connectivity index (χ3v) is 11.8. The summed E-state index contributed by atoms with van der Waals surface area (Å²) in [5.41, 5.74) is 5.29. The summed E-state index contributed by atoms with van der Waals surface area (Å²) >= 11 is 7.76. The molecule has 0 fully saturated rings. The number of esters is 1. The van der Waals surface area contributed by atoms with Crippen LogP contribution < -0.4 is 4.74 Å². The summed E-state index contributed by atoms with van der Waals surface area (Å²) in [6.45, 7) is 7.79. The van der Waals surface area contributed by atoms with E-state index in [0.29, 0.717) is 13.0 Å². The SMILES string of the molecule is CCOC(=O)CC(c1cc(CN2C[C@@H](CC)Oc3ncc(Cl)cc3S2(=O)=O)c2sccc2c1)c1ccc2c(nnn2CCN(C)C)c1C. The van der Waals surface area contributed by atoms with Crippen LogP contribution in [0.15, 0.2) is 52.9 Å². The molecule has 2 atom stereocenters. The van der Waals surface area contributed by atoms with E-state index < -0.39 is 16.1 Å². The van der Waals surface area contributed by atoms with E-state index in [0.717, 1.165) is 49.9 Å². The number of hydrogen-bond acceptors (Lipinski definition) is 10. The fraction of sp³-hybridized carbons (Fsp3) is 0.412. The van der Waals surface area contributed by atoms with Gasteiger partial charge < -0.3 is 14.4 Å². The Kier molecular flexibility index (Phi) is 10.0. The monoisotopic (exact) mass is 710 g/mol. The number of hydrogen-bond donors (Lipinski definition) is 0. The molecule has 1 unspecified atom stereocenters. The Morgan fingerprint density at radius 1 is 1.21 bits per heavy atom. The van der Waals surface area contributed by atoms with Gasteiger partial charge >= 0.3 is 5.97 Å². The van der Waals surface area contributed by atoms with Crippen LogP contribution in [-0.2, 0) is 32.6 Å². The van der Waals surface area contributed by atoms with E-state index in [2.05, 4.69) is 26.3 Å². The van der Waals surface area contributed by atoms with Gasteiger partial charge in [-0.1, -0.05) is 35.9 Å². The highest BCUT2D eigenvalue weighted by Gasteiger charge is 2.36. The number of benzene rings is 2. The average molecular weight is 711 g/mol. The highest BCUT2D eigenvalue weighted by molar-refractivity contribution is 7.89. The van der Waals surface area contributed by atoms with Crippen molar-refractivity contribution in [3.63, 3.8) is 0 Å². The van der Waals surface area contributed by atoms with Crippen LogP contribution in [0.25, 0.3) is 21.1 Å². The maximum atomic E-state index is 14.1.